The molecule has 55 heavy (non-hydrogen) atoms. The second-order valence-electron chi connectivity index (χ2n) is 14.8. The van der Waals surface area contributed by atoms with Gasteiger partial charge in [0.15, 0.2) is 6.29 Å². The van der Waals surface area contributed by atoms with Crippen LogP contribution in [-0.2, 0) is 38.1 Å². The molecule has 0 aromatic rings. The SMILES string of the molecule is CCCCCCCCCCCCOC(=O)CCC(NC(=O)CCC(=O)NCCO[C@@H]1O[C@H](CO)[C@@H](O)[C@H](O)[C@@H]1O)C(=O)OCCCCCCCCCCCC. The molecule has 1 fully saturated rings. The molecule has 1 saturated heterocycles. The van der Waals surface area contributed by atoms with E-state index in [1.807, 2.05) is 0 Å². The van der Waals surface area contributed by atoms with E-state index in [1.165, 1.54) is 83.5 Å². The highest BCUT2D eigenvalue weighted by molar-refractivity contribution is 5.87. The number of carbonyl (C=O) groups excluding carboxylic acids is 4. The Kier molecular flexibility index (Phi) is 31.1. The molecule has 0 bridgehead atoms. The van der Waals surface area contributed by atoms with Crippen molar-refractivity contribution < 1.29 is 58.6 Å². The van der Waals surface area contributed by atoms with Crippen LogP contribution in [0.1, 0.15) is 168 Å². The summed E-state index contributed by atoms with van der Waals surface area (Å²) in [6.45, 7) is 4.24. The van der Waals surface area contributed by atoms with Gasteiger partial charge in [0.05, 0.1) is 26.4 Å². The summed E-state index contributed by atoms with van der Waals surface area (Å²) in [5.74, 6) is -2.08. The first-order valence-corrected chi connectivity index (χ1v) is 21.4. The molecule has 1 aliphatic heterocycles. The molecule has 0 aromatic carbocycles. The Morgan fingerprint density at radius 2 is 1.09 bits per heavy atom. The first-order chi connectivity index (χ1) is 26.6. The lowest BCUT2D eigenvalue weighted by molar-refractivity contribution is -0.300. The number of unbranched alkanes of at least 4 members (excludes halogenated alkanes) is 18. The van der Waals surface area contributed by atoms with E-state index < -0.39 is 67.1 Å². The molecule has 322 valence electrons. The lowest BCUT2D eigenvalue weighted by atomic mass is 9.99. The monoisotopic (exact) mass is 789 g/mol. The summed E-state index contributed by atoms with van der Waals surface area (Å²) in [6.07, 6.45) is 15.6. The van der Waals surface area contributed by atoms with Gasteiger partial charge in [0.1, 0.15) is 30.5 Å². The number of amides is 2. The van der Waals surface area contributed by atoms with E-state index in [1.54, 1.807) is 0 Å². The lowest BCUT2D eigenvalue weighted by Gasteiger charge is -2.39. The summed E-state index contributed by atoms with van der Waals surface area (Å²) in [5.41, 5.74) is 0. The van der Waals surface area contributed by atoms with Crippen molar-refractivity contribution in [2.75, 3.05) is 33.0 Å². The van der Waals surface area contributed by atoms with E-state index in [4.69, 9.17) is 18.9 Å². The van der Waals surface area contributed by atoms with E-state index in [-0.39, 0.29) is 45.4 Å². The van der Waals surface area contributed by atoms with Crippen LogP contribution < -0.4 is 10.6 Å². The normalized spacial score (nSPS) is 20.1. The molecule has 0 aromatic heterocycles. The zero-order chi connectivity index (χ0) is 40.5. The van der Waals surface area contributed by atoms with Crippen molar-refractivity contribution in [2.45, 2.75) is 205 Å². The Morgan fingerprint density at radius 1 is 0.600 bits per heavy atom. The third-order valence-corrected chi connectivity index (χ3v) is 9.89. The smallest absolute Gasteiger partial charge is 0.328 e. The molecule has 1 unspecified atom stereocenters. The predicted molar refractivity (Wildman–Crippen MR) is 209 cm³/mol. The van der Waals surface area contributed by atoms with Gasteiger partial charge in [0.2, 0.25) is 11.8 Å². The van der Waals surface area contributed by atoms with Crippen LogP contribution in [-0.4, -0.2) is 114 Å². The average Bonchev–Trinajstić information content (AvgIpc) is 3.18. The number of rotatable bonds is 35. The molecule has 2 amide bonds. The predicted octanol–water partition coefficient (Wildman–Crippen LogP) is 4.89. The third kappa shape index (κ3) is 25.5. The molecule has 0 radical (unpaired) electrons. The minimum atomic E-state index is -1.58. The summed E-state index contributed by atoms with van der Waals surface area (Å²) in [6, 6.07) is -1.06. The quantitative estimate of drug-likeness (QED) is 0.0375. The van der Waals surface area contributed by atoms with E-state index in [0.29, 0.717) is 13.0 Å². The van der Waals surface area contributed by atoms with Crippen molar-refractivity contribution in [3.63, 3.8) is 0 Å². The maximum Gasteiger partial charge on any atom is 0.328 e. The maximum absolute atomic E-state index is 13.0. The van der Waals surface area contributed by atoms with Crippen LogP contribution in [0.25, 0.3) is 0 Å². The molecule has 1 aliphatic rings. The van der Waals surface area contributed by atoms with Crippen LogP contribution in [0.3, 0.4) is 0 Å². The Balaban J connectivity index is 2.44. The Bertz CT molecular complexity index is 1000. The summed E-state index contributed by atoms with van der Waals surface area (Å²) in [4.78, 5) is 50.7. The fourth-order valence-corrected chi connectivity index (χ4v) is 6.37. The number of hydrogen-bond acceptors (Lipinski definition) is 12. The highest BCUT2D eigenvalue weighted by atomic mass is 16.7. The lowest BCUT2D eigenvalue weighted by Crippen LogP contribution is -2.59. The molecule has 0 aliphatic carbocycles. The minimum absolute atomic E-state index is 0.00931. The second-order valence-corrected chi connectivity index (χ2v) is 14.8. The largest absolute Gasteiger partial charge is 0.466 e. The summed E-state index contributed by atoms with van der Waals surface area (Å²) in [5, 5.41) is 44.3. The van der Waals surface area contributed by atoms with Crippen LogP contribution in [0.15, 0.2) is 0 Å². The zero-order valence-electron chi connectivity index (χ0n) is 34.0. The topological polar surface area (TPSA) is 210 Å². The van der Waals surface area contributed by atoms with Crippen molar-refractivity contribution in [3.05, 3.63) is 0 Å². The number of aliphatic hydroxyl groups excluding tert-OH is 4. The molecule has 6 atom stereocenters. The van der Waals surface area contributed by atoms with Gasteiger partial charge in [-0.15, -0.1) is 0 Å². The summed E-state index contributed by atoms with van der Waals surface area (Å²) < 4.78 is 21.5. The van der Waals surface area contributed by atoms with Crippen LogP contribution >= 0.6 is 0 Å². The first-order valence-electron chi connectivity index (χ1n) is 21.4. The maximum atomic E-state index is 13.0. The van der Waals surface area contributed by atoms with Crippen LogP contribution in [0.4, 0.5) is 0 Å². The van der Waals surface area contributed by atoms with Gasteiger partial charge >= 0.3 is 11.9 Å². The Morgan fingerprint density at radius 3 is 1.62 bits per heavy atom. The fraction of sp³-hybridized carbons (Fsp3) is 0.902. The van der Waals surface area contributed by atoms with Crippen molar-refractivity contribution in [1.29, 1.82) is 0 Å². The van der Waals surface area contributed by atoms with Gasteiger partial charge in [-0.3, -0.25) is 14.4 Å². The highest BCUT2D eigenvalue weighted by Crippen LogP contribution is 2.22. The Hall–Kier alpha value is -2.36. The van der Waals surface area contributed by atoms with Crippen LogP contribution in [0.2, 0.25) is 0 Å². The van der Waals surface area contributed by atoms with E-state index in [0.717, 1.165) is 38.5 Å². The number of esters is 2. The summed E-state index contributed by atoms with van der Waals surface area (Å²) in [7, 11) is 0. The van der Waals surface area contributed by atoms with Gasteiger partial charge in [-0.2, -0.15) is 0 Å². The van der Waals surface area contributed by atoms with Gasteiger partial charge in [-0.25, -0.2) is 4.79 Å². The van der Waals surface area contributed by atoms with Crippen LogP contribution in [0.5, 0.6) is 0 Å². The fourth-order valence-electron chi connectivity index (χ4n) is 6.37. The molecule has 0 saturated carbocycles. The standard InChI is InChI=1S/C41H76N2O12/c1-3-5-7-9-11-13-15-17-19-21-28-52-36(47)26-23-32(40(51)53-29-22-20-18-16-14-12-10-8-6-4-2)43-35(46)25-24-34(45)42-27-30-54-41-39(50)38(49)37(48)33(31-44)55-41/h32-33,37-39,41,44,48-50H,3-31H2,1-2H3,(H,42,45)(H,43,46)/t32?,33-,37-,38+,39+,41-/m1/s1. The van der Waals surface area contributed by atoms with Gasteiger partial charge in [-0.05, 0) is 19.3 Å². The van der Waals surface area contributed by atoms with Crippen molar-refractivity contribution in [1.82, 2.24) is 10.6 Å². The van der Waals surface area contributed by atoms with Gasteiger partial charge in [0.25, 0.3) is 0 Å². The van der Waals surface area contributed by atoms with Gasteiger partial charge < -0.3 is 50.0 Å². The van der Waals surface area contributed by atoms with E-state index in [2.05, 4.69) is 24.5 Å². The molecule has 0 spiro atoms. The number of ether oxygens (including phenoxy) is 4. The molecule has 1 heterocycles. The molecule has 14 nitrogen and oxygen atoms in total. The molecular formula is C41H76N2O12. The van der Waals surface area contributed by atoms with Crippen LogP contribution in [0, 0.1) is 0 Å². The highest BCUT2D eigenvalue weighted by Gasteiger charge is 2.44. The first kappa shape index (κ1) is 50.7. The van der Waals surface area contributed by atoms with E-state index >= 15 is 0 Å². The summed E-state index contributed by atoms with van der Waals surface area (Å²) >= 11 is 0. The van der Waals surface area contributed by atoms with E-state index in [9.17, 15) is 39.6 Å². The van der Waals surface area contributed by atoms with Crippen molar-refractivity contribution in [3.8, 4) is 0 Å². The Labute approximate surface area is 330 Å². The number of aliphatic hydroxyl groups is 4. The molecule has 1 rings (SSSR count). The third-order valence-electron chi connectivity index (χ3n) is 9.89. The van der Waals surface area contributed by atoms with Crippen molar-refractivity contribution in [2.24, 2.45) is 0 Å². The van der Waals surface area contributed by atoms with Crippen molar-refractivity contribution >= 4 is 23.8 Å². The minimum Gasteiger partial charge on any atom is -0.466 e. The zero-order valence-corrected chi connectivity index (χ0v) is 34.0. The average molecular weight is 789 g/mol. The molecular weight excluding hydrogens is 712 g/mol. The van der Waals surface area contributed by atoms with Gasteiger partial charge in [0, 0.05) is 25.8 Å². The molecule has 6 N–H and O–H groups in total. The second kappa shape index (κ2) is 33.7. The number of nitrogens with one attached hydrogen (secondary N) is 2. The number of hydrogen-bond donors (Lipinski definition) is 6. The molecule has 14 heteroatoms. The number of carbonyl (C=O) groups is 4. The van der Waals surface area contributed by atoms with Gasteiger partial charge in [-0.1, -0.05) is 129 Å².